The first-order chi connectivity index (χ1) is 7.43. The largest absolute Gasteiger partial charge is 0.371 e. The Balaban J connectivity index is 1.95. The Labute approximate surface area is 89.1 Å². The molecule has 3 rings (SSSR count). The van der Waals surface area contributed by atoms with Gasteiger partial charge in [0.15, 0.2) is 0 Å². The number of benzene rings is 1. The van der Waals surface area contributed by atoms with Crippen molar-refractivity contribution in [1.82, 2.24) is 10.2 Å². The fraction of sp³-hybridized carbons (Fsp3) is 0.417. The summed E-state index contributed by atoms with van der Waals surface area (Å²) < 4.78 is 0. The van der Waals surface area contributed by atoms with Crippen LogP contribution in [0, 0.1) is 0 Å². The lowest BCUT2D eigenvalue weighted by Crippen LogP contribution is -2.29. The van der Waals surface area contributed by atoms with Crippen LogP contribution in [0.3, 0.4) is 0 Å². The molecule has 1 saturated heterocycles. The molecule has 78 valence electrons. The van der Waals surface area contributed by atoms with Gasteiger partial charge in [0.25, 0.3) is 0 Å². The summed E-state index contributed by atoms with van der Waals surface area (Å²) in [5, 5.41) is 8.26. The minimum absolute atomic E-state index is 1.14. The van der Waals surface area contributed by atoms with E-state index in [0.29, 0.717) is 0 Å². The molecule has 1 aromatic heterocycles. The van der Waals surface area contributed by atoms with Gasteiger partial charge in [-0.15, -0.1) is 0 Å². The number of fused-ring (bicyclic) bond motifs is 1. The van der Waals surface area contributed by atoms with E-state index >= 15 is 0 Å². The average Bonchev–Trinajstić information content (AvgIpc) is 2.77. The molecule has 3 nitrogen and oxygen atoms in total. The van der Waals surface area contributed by atoms with Gasteiger partial charge < -0.3 is 4.90 Å². The summed E-state index contributed by atoms with van der Waals surface area (Å²) >= 11 is 0. The van der Waals surface area contributed by atoms with Gasteiger partial charge in [-0.05, 0) is 37.5 Å². The fourth-order valence-corrected chi connectivity index (χ4v) is 2.27. The predicted molar refractivity (Wildman–Crippen MR) is 62.2 cm³/mol. The SMILES string of the molecule is c1cc2cn[nH]c2cc1N1CCCCC1. The van der Waals surface area contributed by atoms with Crippen molar-refractivity contribution in [1.29, 1.82) is 0 Å². The highest BCUT2D eigenvalue weighted by molar-refractivity contribution is 5.81. The molecule has 3 heteroatoms. The van der Waals surface area contributed by atoms with Gasteiger partial charge in [0, 0.05) is 24.2 Å². The number of nitrogens with zero attached hydrogens (tertiary/aromatic N) is 2. The molecule has 0 atom stereocenters. The molecule has 2 heterocycles. The number of nitrogens with one attached hydrogen (secondary N) is 1. The number of piperidine rings is 1. The van der Waals surface area contributed by atoms with E-state index in [9.17, 15) is 0 Å². The van der Waals surface area contributed by atoms with Crippen LogP contribution in [0.4, 0.5) is 5.69 Å². The lowest BCUT2D eigenvalue weighted by Gasteiger charge is -2.28. The predicted octanol–water partition coefficient (Wildman–Crippen LogP) is 2.55. The van der Waals surface area contributed by atoms with Crippen LogP contribution >= 0.6 is 0 Å². The molecular weight excluding hydrogens is 186 g/mol. The molecule has 0 radical (unpaired) electrons. The van der Waals surface area contributed by atoms with Gasteiger partial charge in [-0.1, -0.05) is 0 Å². The first-order valence-electron chi connectivity index (χ1n) is 5.61. The van der Waals surface area contributed by atoms with Crippen molar-refractivity contribution in [2.45, 2.75) is 19.3 Å². The summed E-state index contributed by atoms with van der Waals surface area (Å²) in [6, 6.07) is 6.54. The minimum Gasteiger partial charge on any atom is -0.371 e. The van der Waals surface area contributed by atoms with Crippen LogP contribution in [0.25, 0.3) is 10.9 Å². The molecule has 0 spiro atoms. The van der Waals surface area contributed by atoms with E-state index in [1.54, 1.807) is 0 Å². The third-order valence-corrected chi connectivity index (χ3v) is 3.15. The maximum Gasteiger partial charge on any atom is 0.0670 e. The van der Waals surface area contributed by atoms with E-state index in [4.69, 9.17) is 0 Å². The second-order valence-electron chi connectivity index (χ2n) is 4.19. The summed E-state index contributed by atoms with van der Waals surface area (Å²) in [5.41, 5.74) is 2.46. The van der Waals surface area contributed by atoms with Crippen LogP contribution in [0.15, 0.2) is 24.4 Å². The highest BCUT2D eigenvalue weighted by Crippen LogP contribution is 2.23. The lowest BCUT2D eigenvalue weighted by atomic mass is 10.1. The topological polar surface area (TPSA) is 31.9 Å². The molecule has 0 bridgehead atoms. The number of hydrogen-bond donors (Lipinski definition) is 1. The molecule has 1 aliphatic rings. The second kappa shape index (κ2) is 3.57. The number of aromatic amines is 1. The van der Waals surface area contributed by atoms with Crippen LogP contribution in [0.2, 0.25) is 0 Å². The molecule has 2 aromatic rings. The Hall–Kier alpha value is -1.51. The standard InChI is InChI=1S/C12H15N3/c1-2-6-15(7-3-1)11-5-4-10-9-13-14-12(10)8-11/h4-5,8-9H,1-3,6-7H2,(H,13,14). The normalized spacial score (nSPS) is 17.2. The first-order valence-corrected chi connectivity index (χ1v) is 5.61. The lowest BCUT2D eigenvalue weighted by molar-refractivity contribution is 0.578. The summed E-state index contributed by atoms with van der Waals surface area (Å²) in [4.78, 5) is 2.46. The maximum atomic E-state index is 4.04. The number of anilines is 1. The second-order valence-corrected chi connectivity index (χ2v) is 4.19. The molecule has 0 unspecified atom stereocenters. The van der Waals surface area contributed by atoms with E-state index < -0.39 is 0 Å². The van der Waals surface area contributed by atoms with E-state index in [2.05, 4.69) is 33.3 Å². The third-order valence-electron chi connectivity index (χ3n) is 3.15. The van der Waals surface area contributed by atoms with Crippen molar-refractivity contribution < 1.29 is 0 Å². The highest BCUT2D eigenvalue weighted by Gasteiger charge is 2.11. The minimum atomic E-state index is 1.14. The van der Waals surface area contributed by atoms with Crippen LogP contribution in [0.5, 0.6) is 0 Å². The van der Waals surface area contributed by atoms with E-state index in [0.717, 1.165) is 5.52 Å². The summed E-state index contributed by atoms with van der Waals surface area (Å²) in [6.45, 7) is 2.39. The third kappa shape index (κ3) is 1.58. The van der Waals surface area contributed by atoms with Gasteiger partial charge in [0.2, 0.25) is 0 Å². The van der Waals surface area contributed by atoms with Gasteiger partial charge >= 0.3 is 0 Å². The van der Waals surface area contributed by atoms with Crippen molar-refractivity contribution in [3.63, 3.8) is 0 Å². The Morgan fingerprint density at radius 3 is 2.87 bits per heavy atom. The first kappa shape index (κ1) is 8.77. The van der Waals surface area contributed by atoms with Crippen LogP contribution in [0.1, 0.15) is 19.3 Å². The molecule has 0 aliphatic carbocycles. The van der Waals surface area contributed by atoms with Crippen molar-refractivity contribution in [2.24, 2.45) is 0 Å². The van der Waals surface area contributed by atoms with Gasteiger partial charge in [-0.2, -0.15) is 5.10 Å². The summed E-state index contributed by atoms with van der Waals surface area (Å²) in [7, 11) is 0. The highest BCUT2D eigenvalue weighted by atomic mass is 15.1. The number of rotatable bonds is 1. The monoisotopic (exact) mass is 201 g/mol. The van der Waals surface area contributed by atoms with Crippen LogP contribution < -0.4 is 4.90 Å². The molecular formula is C12H15N3. The van der Waals surface area contributed by atoms with Crippen molar-refractivity contribution >= 4 is 16.6 Å². The van der Waals surface area contributed by atoms with Crippen molar-refractivity contribution in [2.75, 3.05) is 18.0 Å². The zero-order chi connectivity index (χ0) is 10.1. The van der Waals surface area contributed by atoms with Gasteiger partial charge in [-0.3, -0.25) is 5.10 Å². The fourth-order valence-electron chi connectivity index (χ4n) is 2.27. The number of hydrogen-bond acceptors (Lipinski definition) is 2. The van der Waals surface area contributed by atoms with Crippen LogP contribution in [-0.2, 0) is 0 Å². The van der Waals surface area contributed by atoms with Gasteiger partial charge in [-0.25, -0.2) is 0 Å². The number of H-pyrrole nitrogens is 1. The van der Waals surface area contributed by atoms with E-state index in [1.165, 1.54) is 43.4 Å². The number of aromatic nitrogens is 2. The zero-order valence-electron chi connectivity index (χ0n) is 8.74. The Morgan fingerprint density at radius 2 is 2.00 bits per heavy atom. The van der Waals surface area contributed by atoms with E-state index in [1.807, 2.05) is 6.20 Å². The molecule has 1 fully saturated rings. The summed E-state index contributed by atoms with van der Waals surface area (Å²) in [6.07, 6.45) is 5.89. The quantitative estimate of drug-likeness (QED) is 0.769. The van der Waals surface area contributed by atoms with Gasteiger partial charge in [0.1, 0.15) is 0 Å². The average molecular weight is 201 g/mol. The maximum absolute atomic E-state index is 4.04. The zero-order valence-corrected chi connectivity index (χ0v) is 8.74. The van der Waals surface area contributed by atoms with Gasteiger partial charge in [0.05, 0.1) is 11.7 Å². The molecule has 0 amide bonds. The molecule has 1 aromatic carbocycles. The Morgan fingerprint density at radius 1 is 1.13 bits per heavy atom. The summed E-state index contributed by atoms with van der Waals surface area (Å²) in [5.74, 6) is 0. The molecule has 1 aliphatic heterocycles. The Bertz CT molecular complexity index is 455. The molecule has 0 saturated carbocycles. The molecule has 1 N–H and O–H groups in total. The van der Waals surface area contributed by atoms with E-state index in [-0.39, 0.29) is 0 Å². The van der Waals surface area contributed by atoms with Crippen LogP contribution in [-0.4, -0.2) is 23.3 Å². The Kier molecular flexibility index (Phi) is 2.09. The van der Waals surface area contributed by atoms with Crippen molar-refractivity contribution in [3.8, 4) is 0 Å². The van der Waals surface area contributed by atoms with Crippen molar-refractivity contribution in [3.05, 3.63) is 24.4 Å². The molecule has 15 heavy (non-hydrogen) atoms. The smallest absolute Gasteiger partial charge is 0.0670 e.